The molecule has 3 rings (SSSR count). The van der Waals surface area contributed by atoms with E-state index in [2.05, 4.69) is 25.9 Å². The fourth-order valence-corrected chi connectivity index (χ4v) is 1.58. The van der Waals surface area contributed by atoms with E-state index in [4.69, 9.17) is 9.47 Å². The number of hydrogen-bond acceptors (Lipinski definition) is 6. The second-order valence-electron chi connectivity index (χ2n) is 3.62. The van der Waals surface area contributed by atoms with E-state index in [-0.39, 0.29) is 19.1 Å². The van der Waals surface area contributed by atoms with Crippen LogP contribution in [0, 0.1) is 0 Å². The Bertz CT molecular complexity index is 569. The van der Waals surface area contributed by atoms with Crippen LogP contribution in [-0.4, -0.2) is 33.3 Å². The van der Waals surface area contributed by atoms with Gasteiger partial charge in [0.15, 0.2) is 17.3 Å². The monoisotopic (exact) mass is 247 g/mol. The van der Waals surface area contributed by atoms with Crippen LogP contribution in [0.1, 0.15) is 5.82 Å². The van der Waals surface area contributed by atoms with Crippen molar-refractivity contribution in [1.82, 2.24) is 20.6 Å². The van der Waals surface area contributed by atoms with E-state index in [1.54, 1.807) is 18.2 Å². The maximum absolute atomic E-state index is 11.7. The number of nitrogens with one attached hydrogen (secondary N) is 2. The van der Waals surface area contributed by atoms with Crippen molar-refractivity contribution in [2.75, 3.05) is 12.1 Å². The van der Waals surface area contributed by atoms with Gasteiger partial charge in [0.25, 0.3) is 0 Å². The summed E-state index contributed by atoms with van der Waals surface area (Å²) in [6, 6.07) is 5.18. The number of aromatic amines is 1. The quantitative estimate of drug-likeness (QED) is 0.798. The van der Waals surface area contributed by atoms with E-state index in [9.17, 15) is 4.79 Å². The minimum absolute atomic E-state index is 0.0605. The Morgan fingerprint density at radius 2 is 2.28 bits per heavy atom. The molecule has 2 heterocycles. The first-order valence-electron chi connectivity index (χ1n) is 5.23. The molecule has 0 saturated carbocycles. The highest BCUT2D eigenvalue weighted by molar-refractivity contribution is 5.92. The van der Waals surface area contributed by atoms with E-state index in [0.717, 1.165) is 0 Å². The van der Waals surface area contributed by atoms with Gasteiger partial charge in [0.05, 0.1) is 6.42 Å². The van der Waals surface area contributed by atoms with Crippen LogP contribution in [0.5, 0.6) is 11.5 Å². The van der Waals surface area contributed by atoms with Crippen LogP contribution in [0.3, 0.4) is 0 Å². The number of anilines is 1. The van der Waals surface area contributed by atoms with Crippen LogP contribution in [-0.2, 0) is 11.2 Å². The predicted molar refractivity (Wildman–Crippen MR) is 59.1 cm³/mol. The number of carbonyl (C=O) groups excluding carboxylic acids is 1. The lowest BCUT2D eigenvalue weighted by molar-refractivity contribution is -0.115. The standard InChI is InChI=1S/C10H9N5O3/c16-10(4-9-12-14-15-13-9)11-6-1-2-7-8(3-6)18-5-17-7/h1-3H,4-5H2,(H,11,16)(H,12,13,14,15). The Labute approximate surface area is 101 Å². The highest BCUT2D eigenvalue weighted by Crippen LogP contribution is 2.34. The number of carbonyl (C=O) groups is 1. The lowest BCUT2D eigenvalue weighted by Gasteiger charge is -2.04. The molecule has 18 heavy (non-hydrogen) atoms. The summed E-state index contributed by atoms with van der Waals surface area (Å²) in [4.78, 5) is 11.7. The van der Waals surface area contributed by atoms with Gasteiger partial charge in [-0.05, 0) is 12.1 Å². The third-order valence-corrected chi connectivity index (χ3v) is 2.36. The van der Waals surface area contributed by atoms with Crippen LogP contribution in [0.2, 0.25) is 0 Å². The second-order valence-corrected chi connectivity index (χ2v) is 3.62. The molecule has 0 saturated heterocycles. The molecule has 2 N–H and O–H groups in total. The third-order valence-electron chi connectivity index (χ3n) is 2.36. The third kappa shape index (κ3) is 2.08. The zero-order valence-corrected chi connectivity index (χ0v) is 9.21. The van der Waals surface area contributed by atoms with Gasteiger partial charge >= 0.3 is 0 Å². The summed E-state index contributed by atoms with van der Waals surface area (Å²) in [5.41, 5.74) is 0.632. The van der Waals surface area contributed by atoms with E-state index < -0.39 is 0 Å². The molecular formula is C10H9N5O3. The Morgan fingerprint density at radius 1 is 1.39 bits per heavy atom. The number of H-pyrrole nitrogens is 1. The molecule has 0 aliphatic carbocycles. The van der Waals surface area contributed by atoms with Gasteiger partial charge in [-0.3, -0.25) is 4.79 Å². The molecule has 0 atom stereocenters. The molecule has 1 aliphatic heterocycles. The van der Waals surface area contributed by atoms with Crippen LogP contribution in [0.15, 0.2) is 18.2 Å². The largest absolute Gasteiger partial charge is 0.454 e. The molecule has 8 heteroatoms. The van der Waals surface area contributed by atoms with Crippen LogP contribution in [0.4, 0.5) is 5.69 Å². The van der Waals surface area contributed by atoms with Crippen molar-refractivity contribution in [3.63, 3.8) is 0 Å². The first-order chi connectivity index (χ1) is 8.81. The van der Waals surface area contributed by atoms with Crippen molar-refractivity contribution in [3.8, 4) is 11.5 Å². The molecule has 0 radical (unpaired) electrons. The lowest BCUT2D eigenvalue weighted by Crippen LogP contribution is -2.15. The molecule has 1 aromatic carbocycles. The van der Waals surface area contributed by atoms with Gasteiger partial charge in [0, 0.05) is 11.8 Å². The summed E-state index contributed by atoms with van der Waals surface area (Å²) in [6.45, 7) is 0.204. The van der Waals surface area contributed by atoms with Gasteiger partial charge in [-0.1, -0.05) is 5.21 Å². The molecule has 1 aliphatic rings. The van der Waals surface area contributed by atoms with Crippen molar-refractivity contribution in [3.05, 3.63) is 24.0 Å². The Hall–Kier alpha value is -2.64. The molecule has 0 fully saturated rings. The average Bonchev–Trinajstić information content (AvgIpc) is 2.98. The van der Waals surface area contributed by atoms with Gasteiger partial charge in [-0.15, -0.1) is 10.2 Å². The molecule has 1 aromatic heterocycles. The number of ether oxygens (including phenoxy) is 2. The molecule has 0 spiro atoms. The summed E-state index contributed by atoms with van der Waals surface area (Å²) in [5.74, 6) is 1.40. The first kappa shape index (κ1) is 10.5. The number of hydrogen-bond donors (Lipinski definition) is 2. The van der Waals surface area contributed by atoms with Crippen molar-refractivity contribution < 1.29 is 14.3 Å². The summed E-state index contributed by atoms with van der Waals surface area (Å²) in [7, 11) is 0. The number of rotatable bonds is 3. The molecular weight excluding hydrogens is 238 g/mol. The molecule has 92 valence electrons. The number of tetrazole rings is 1. The number of aromatic nitrogens is 4. The summed E-state index contributed by atoms with van der Waals surface area (Å²) >= 11 is 0. The minimum atomic E-state index is -0.227. The summed E-state index contributed by atoms with van der Waals surface area (Å²) in [5, 5.41) is 15.8. The summed E-state index contributed by atoms with van der Waals surface area (Å²) < 4.78 is 10.4. The van der Waals surface area contributed by atoms with Crippen LogP contribution in [0.25, 0.3) is 0 Å². The van der Waals surface area contributed by atoms with Crippen LogP contribution >= 0.6 is 0 Å². The van der Waals surface area contributed by atoms with Gasteiger partial charge in [0.2, 0.25) is 12.7 Å². The fraction of sp³-hybridized carbons (Fsp3) is 0.200. The van der Waals surface area contributed by atoms with E-state index in [1.165, 1.54) is 0 Å². The lowest BCUT2D eigenvalue weighted by atomic mass is 10.2. The molecule has 2 aromatic rings. The molecule has 0 bridgehead atoms. The second kappa shape index (κ2) is 4.32. The Kier molecular flexibility index (Phi) is 2.52. The molecule has 1 amide bonds. The summed E-state index contributed by atoms with van der Waals surface area (Å²) in [6.07, 6.45) is 0.0605. The number of fused-ring (bicyclic) bond motifs is 1. The topological polar surface area (TPSA) is 102 Å². The van der Waals surface area contributed by atoms with Crippen molar-refractivity contribution in [2.45, 2.75) is 6.42 Å². The Morgan fingerprint density at radius 3 is 3.11 bits per heavy atom. The van der Waals surface area contributed by atoms with E-state index in [1.807, 2.05) is 0 Å². The average molecular weight is 247 g/mol. The van der Waals surface area contributed by atoms with Crippen LogP contribution < -0.4 is 14.8 Å². The van der Waals surface area contributed by atoms with E-state index >= 15 is 0 Å². The van der Waals surface area contributed by atoms with Gasteiger partial charge in [-0.2, -0.15) is 5.21 Å². The smallest absolute Gasteiger partial charge is 0.232 e. The van der Waals surface area contributed by atoms with Crippen molar-refractivity contribution in [1.29, 1.82) is 0 Å². The molecule has 0 unspecified atom stereocenters. The Balaban J connectivity index is 1.67. The van der Waals surface area contributed by atoms with Crippen molar-refractivity contribution >= 4 is 11.6 Å². The fourth-order valence-electron chi connectivity index (χ4n) is 1.58. The van der Waals surface area contributed by atoms with Gasteiger partial charge in [-0.25, -0.2) is 0 Å². The van der Waals surface area contributed by atoms with Gasteiger partial charge in [0.1, 0.15) is 0 Å². The molecule has 8 nitrogen and oxygen atoms in total. The number of nitrogens with zero attached hydrogens (tertiary/aromatic N) is 3. The number of amides is 1. The van der Waals surface area contributed by atoms with Gasteiger partial charge < -0.3 is 14.8 Å². The maximum Gasteiger partial charge on any atom is 0.232 e. The highest BCUT2D eigenvalue weighted by atomic mass is 16.7. The maximum atomic E-state index is 11.7. The highest BCUT2D eigenvalue weighted by Gasteiger charge is 2.14. The minimum Gasteiger partial charge on any atom is -0.454 e. The first-order valence-corrected chi connectivity index (χ1v) is 5.23. The predicted octanol–water partition coefficient (Wildman–Crippen LogP) is 0.110. The van der Waals surface area contributed by atoms with Crippen molar-refractivity contribution in [2.24, 2.45) is 0 Å². The van der Waals surface area contributed by atoms with E-state index in [0.29, 0.717) is 23.0 Å². The SMILES string of the molecule is O=C(Cc1nn[nH]n1)Nc1ccc2c(c1)OCO2. The zero-order chi connectivity index (χ0) is 12.4. The normalized spacial score (nSPS) is 12.4. The number of benzene rings is 1. The zero-order valence-electron chi connectivity index (χ0n) is 9.21.